The summed E-state index contributed by atoms with van der Waals surface area (Å²) in [6, 6.07) is 9.39. The minimum atomic E-state index is -0.913. The van der Waals surface area contributed by atoms with Crippen LogP contribution in [0.3, 0.4) is 0 Å². The van der Waals surface area contributed by atoms with Gasteiger partial charge in [-0.25, -0.2) is 9.78 Å². The highest BCUT2D eigenvalue weighted by Gasteiger charge is 2.47. The second-order valence-electron chi connectivity index (χ2n) is 7.16. The van der Waals surface area contributed by atoms with Crippen molar-refractivity contribution in [3.8, 4) is 16.3 Å². The van der Waals surface area contributed by atoms with Crippen molar-refractivity contribution < 1.29 is 14.3 Å². The van der Waals surface area contributed by atoms with Crippen LogP contribution in [0.25, 0.3) is 10.6 Å². The lowest BCUT2D eigenvalue weighted by molar-refractivity contribution is -0.131. The molecule has 0 aliphatic carbocycles. The number of urea groups is 1. The van der Waals surface area contributed by atoms with E-state index >= 15 is 0 Å². The van der Waals surface area contributed by atoms with E-state index in [1.165, 1.54) is 16.2 Å². The van der Waals surface area contributed by atoms with Gasteiger partial charge in [-0.05, 0) is 48.9 Å². The molecule has 150 valence electrons. The summed E-state index contributed by atoms with van der Waals surface area (Å²) in [5.74, 6) is 0.586. The number of hydrogen-bond acceptors (Lipinski definition) is 6. The molecule has 2 aromatic heterocycles. The van der Waals surface area contributed by atoms with Crippen LogP contribution in [-0.2, 0) is 17.8 Å². The first kappa shape index (κ1) is 19.6. The first-order valence-electron chi connectivity index (χ1n) is 9.22. The fraction of sp³-hybridized carbons (Fsp3) is 0.286. The van der Waals surface area contributed by atoms with Crippen LogP contribution in [0.15, 0.2) is 46.5 Å². The number of carbonyl (C=O) groups excluding carboxylic acids is 2. The van der Waals surface area contributed by atoms with Crippen LogP contribution in [0.5, 0.6) is 5.75 Å². The SMILES string of the molecule is COc1ccc(CC[C@]2(C)NC(=O)N(Cc3csc(-c4ccsc4)n3)C2=O)cc1. The Balaban J connectivity index is 1.42. The minimum Gasteiger partial charge on any atom is -0.497 e. The fourth-order valence-corrected chi connectivity index (χ4v) is 4.83. The van der Waals surface area contributed by atoms with E-state index in [9.17, 15) is 9.59 Å². The van der Waals surface area contributed by atoms with Gasteiger partial charge in [-0.15, -0.1) is 11.3 Å². The third-order valence-electron chi connectivity index (χ3n) is 5.06. The van der Waals surface area contributed by atoms with Crippen molar-refractivity contribution in [1.29, 1.82) is 0 Å². The minimum absolute atomic E-state index is 0.184. The van der Waals surface area contributed by atoms with Gasteiger partial charge in [-0.2, -0.15) is 11.3 Å². The highest BCUT2D eigenvalue weighted by Crippen LogP contribution is 2.28. The molecule has 8 heteroatoms. The number of methoxy groups -OCH3 is 1. The number of ether oxygens (including phenoxy) is 1. The molecule has 0 saturated carbocycles. The first-order valence-corrected chi connectivity index (χ1v) is 11.0. The van der Waals surface area contributed by atoms with Crippen molar-refractivity contribution in [2.45, 2.75) is 31.8 Å². The lowest BCUT2D eigenvalue weighted by atomic mass is 9.93. The monoisotopic (exact) mass is 427 g/mol. The number of thiophene rings is 1. The Morgan fingerprint density at radius 1 is 1.17 bits per heavy atom. The smallest absolute Gasteiger partial charge is 0.325 e. The molecule has 6 nitrogen and oxygen atoms in total. The molecule has 3 amide bonds. The Morgan fingerprint density at radius 3 is 2.66 bits per heavy atom. The van der Waals surface area contributed by atoms with Gasteiger partial charge in [-0.1, -0.05) is 12.1 Å². The molecule has 1 aliphatic rings. The van der Waals surface area contributed by atoms with Crippen molar-refractivity contribution in [1.82, 2.24) is 15.2 Å². The van der Waals surface area contributed by atoms with E-state index in [-0.39, 0.29) is 18.5 Å². The van der Waals surface area contributed by atoms with Crippen LogP contribution in [0.4, 0.5) is 4.79 Å². The number of aromatic nitrogens is 1. The lowest BCUT2D eigenvalue weighted by Crippen LogP contribution is -2.44. The van der Waals surface area contributed by atoms with Crippen molar-refractivity contribution in [2.75, 3.05) is 7.11 Å². The molecule has 1 saturated heterocycles. The Bertz CT molecular complexity index is 1010. The van der Waals surface area contributed by atoms with Crippen LogP contribution >= 0.6 is 22.7 Å². The number of imide groups is 1. The lowest BCUT2D eigenvalue weighted by Gasteiger charge is -2.21. The van der Waals surface area contributed by atoms with Crippen LogP contribution in [0.1, 0.15) is 24.6 Å². The number of hydrogen-bond donors (Lipinski definition) is 1. The van der Waals surface area contributed by atoms with E-state index in [0.717, 1.165) is 27.6 Å². The van der Waals surface area contributed by atoms with Crippen molar-refractivity contribution in [2.24, 2.45) is 0 Å². The predicted octanol–water partition coefficient (Wildman–Crippen LogP) is 4.32. The third kappa shape index (κ3) is 4.04. The fourth-order valence-electron chi connectivity index (χ4n) is 3.31. The maximum absolute atomic E-state index is 13.0. The highest BCUT2D eigenvalue weighted by molar-refractivity contribution is 7.14. The van der Waals surface area contributed by atoms with Crippen LogP contribution in [0.2, 0.25) is 0 Å². The zero-order valence-electron chi connectivity index (χ0n) is 16.2. The van der Waals surface area contributed by atoms with Gasteiger partial charge in [0.05, 0.1) is 19.3 Å². The third-order valence-corrected chi connectivity index (χ3v) is 6.68. The number of benzene rings is 1. The zero-order chi connectivity index (χ0) is 20.4. The molecular weight excluding hydrogens is 406 g/mol. The van der Waals surface area contributed by atoms with E-state index in [1.54, 1.807) is 25.4 Å². The summed E-state index contributed by atoms with van der Waals surface area (Å²) in [6.07, 6.45) is 1.21. The van der Waals surface area contributed by atoms with E-state index in [1.807, 2.05) is 46.5 Å². The van der Waals surface area contributed by atoms with E-state index in [4.69, 9.17) is 4.74 Å². The molecule has 0 spiro atoms. The summed E-state index contributed by atoms with van der Waals surface area (Å²) >= 11 is 3.13. The zero-order valence-corrected chi connectivity index (χ0v) is 17.8. The van der Waals surface area contributed by atoms with Gasteiger partial charge in [0.15, 0.2) is 0 Å². The van der Waals surface area contributed by atoms with Gasteiger partial charge in [-0.3, -0.25) is 9.69 Å². The number of nitrogens with zero attached hydrogens (tertiary/aromatic N) is 2. The van der Waals surface area contributed by atoms with Gasteiger partial charge in [0, 0.05) is 16.3 Å². The molecule has 3 aromatic rings. The van der Waals surface area contributed by atoms with Gasteiger partial charge >= 0.3 is 6.03 Å². The molecule has 0 radical (unpaired) electrons. The first-order chi connectivity index (χ1) is 14.0. The van der Waals surface area contributed by atoms with Crippen molar-refractivity contribution in [3.63, 3.8) is 0 Å². The summed E-state index contributed by atoms with van der Waals surface area (Å²) < 4.78 is 5.17. The van der Waals surface area contributed by atoms with Crippen molar-refractivity contribution in [3.05, 3.63) is 57.7 Å². The highest BCUT2D eigenvalue weighted by atomic mass is 32.1. The molecule has 3 heterocycles. The number of carbonyl (C=O) groups is 2. The Kier molecular flexibility index (Phi) is 5.38. The number of rotatable bonds is 7. The molecular formula is C21H21N3O3S2. The average molecular weight is 428 g/mol. The molecule has 1 fully saturated rings. The van der Waals surface area contributed by atoms with Crippen molar-refractivity contribution >= 4 is 34.6 Å². The van der Waals surface area contributed by atoms with Crippen LogP contribution in [-0.4, -0.2) is 34.5 Å². The Labute approximate surface area is 177 Å². The van der Waals surface area contributed by atoms with Gasteiger partial charge in [0.25, 0.3) is 5.91 Å². The van der Waals surface area contributed by atoms with Gasteiger partial charge in [0.2, 0.25) is 0 Å². The number of nitrogens with one attached hydrogen (secondary N) is 1. The topological polar surface area (TPSA) is 71.5 Å². The summed E-state index contributed by atoms with van der Waals surface area (Å²) in [6.45, 7) is 1.97. The molecule has 1 aliphatic heterocycles. The van der Waals surface area contributed by atoms with Crippen LogP contribution < -0.4 is 10.1 Å². The average Bonchev–Trinajstić information content (AvgIpc) is 3.45. The van der Waals surface area contributed by atoms with E-state index < -0.39 is 5.54 Å². The normalized spacial score (nSPS) is 18.9. The van der Waals surface area contributed by atoms with Gasteiger partial charge < -0.3 is 10.1 Å². The Morgan fingerprint density at radius 2 is 1.97 bits per heavy atom. The molecule has 0 bridgehead atoms. The van der Waals surface area contributed by atoms with Crippen LogP contribution in [0, 0.1) is 0 Å². The van der Waals surface area contributed by atoms with Gasteiger partial charge in [0.1, 0.15) is 16.3 Å². The number of amides is 3. The molecule has 1 N–H and O–H groups in total. The second-order valence-corrected chi connectivity index (χ2v) is 8.80. The Hall–Kier alpha value is -2.71. The maximum Gasteiger partial charge on any atom is 0.325 e. The molecule has 1 aromatic carbocycles. The predicted molar refractivity (Wildman–Crippen MR) is 114 cm³/mol. The largest absolute Gasteiger partial charge is 0.497 e. The number of thiazole rings is 1. The van der Waals surface area contributed by atoms with E-state index in [2.05, 4.69) is 10.3 Å². The summed E-state index contributed by atoms with van der Waals surface area (Å²) in [4.78, 5) is 31.3. The standard InChI is InChI=1S/C21H21N3O3S2/c1-21(9-7-14-3-5-17(27-2)6-4-14)19(25)24(20(26)23-21)11-16-13-29-18(22-16)15-8-10-28-12-15/h3-6,8,10,12-13H,7,9,11H2,1-2H3,(H,23,26)/t21-/m0/s1. The maximum atomic E-state index is 13.0. The molecule has 0 unspecified atom stereocenters. The summed E-state index contributed by atoms with van der Waals surface area (Å²) in [7, 11) is 1.63. The summed E-state index contributed by atoms with van der Waals surface area (Å²) in [5.41, 5.74) is 1.96. The molecule has 4 rings (SSSR count). The molecule has 29 heavy (non-hydrogen) atoms. The second kappa shape index (κ2) is 7.96. The van der Waals surface area contributed by atoms with E-state index in [0.29, 0.717) is 12.8 Å². The number of aryl methyl sites for hydroxylation is 1. The summed E-state index contributed by atoms with van der Waals surface area (Å²) in [5, 5.41) is 9.71. The quantitative estimate of drug-likeness (QED) is 0.570. The molecule has 1 atom stereocenters.